The Morgan fingerprint density at radius 2 is 1.83 bits per heavy atom. The second-order valence-corrected chi connectivity index (χ2v) is 8.48. The summed E-state index contributed by atoms with van der Waals surface area (Å²) in [4.78, 5) is 29.3. The molecule has 0 spiro atoms. The molecule has 0 saturated heterocycles. The first-order chi connectivity index (χ1) is 16.6. The lowest BCUT2D eigenvalue weighted by Gasteiger charge is -2.17. The van der Waals surface area contributed by atoms with Gasteiger partial charge in [0.1, 0.15) is 11.6 Å². The van der Waals surface area contributed by atoms with Gasteiger partial charge in [-0.3, -0.25) is 4.79 Å². The average Bonchev–Trinajstić information content (AvgIpc) is 3.57. The van der Waals surface area contributed by atoms with E-state index in [0.29, 0.717) is 35.4 Å². The zero-order valence-electron chi connectivity index (χ0n) is 18.7. The number of anilines is 1. The topological polar surface area (TPSA) is 107 Å². The van der Waals surface area contributed by atoms with Crippen molar-refractivity contribution < 1.29 is 40.5 Å². The molecule has 1 fully saturated rings. The summed E-state index contributed by atoms with van der Waals surface area (Å²) in [5.41, 5.74) is 1.47. The highest BCUT2D eigenvalue weighted by Gasteiger charge is 2.53. The first kappa shape index (κ1) is 22.6. The molecule has 0 unspecified atom stereocenters. The summed E-state index contributed by atoms with van der Waals surface area (Å²) in [5.74, 6) is -1.00. The number of hydrogen-bond donors (Lipinski definition) is 2. The fourth-order valence-corrected chi connectivity index (χ4v) is 4.12. The summed E-state index contributed by atoms with van der Waals surface area (Å²) in [6.07, 6.45) is -2.67. The number of alkyl halides is 2. The van der Waals surface area contributed by atoms with E-state index in [1.165, 1.54) is 31.4 Å². The molecule has 10 heteroatoms. The van der Waals surface area contributed by atoms with E-state index in [1.54, 1.807) is 24.3 Å². The highest BCUT2D eigenvalue weighted by molar-refractivity contribution is 6.01. The maximum absolute atomic E-state index is 13.4. The van der Waals surface area contributed by atoms with Crippen molar-refractivity contribution in [2.75, 3.05) is 12.4 Å². The van der Waals surface area contributed by atoms with Gasteiger partial charge in [-0.1, -0.05) is 12.1 Å². The molecule has 1 saturated carbocycles. The number of ether oxygens (including phenoxy) is 3. The van der Waals surface area contributed by atoms with Crippen LogP contribution in [0.15, 0.2) is 48.5 Å². The second-order valence-electron chi connectivity index (χ2n) is 8.48. The van der Waals surface area contributed by atoms with Gasteiger partial charge in [0.25, 0.3) is 0 Å². The molecule has 0 radical (unpaired) electrons. The Morgan fingerprint density at radius 3 is 2.51 bits per heavy atom. The number of methoxy groups -OCH3 is 1. The molecule has 8 nitrogen and oxygen atoms in total. The van der Waals surface area contributed by atoms with Gasteiger partial charge in [0.15, 0.2) is 11.5 Å². The van der Waals surface area contributed by atoms with Crippen LogP contribution in [0.5, 0.6) is 17.2 Å². The third-order valence-corrected chi connectivity index (χ3v) is 6.14. The summed E-state index contributed by atoms with van der Waals surface area (Å²) in [6.45, 7) is 1.82. The maximum Gasteiger partial charge on any atom is 0.586 e. The number of aromatic nitrogens is 1. The van der Waals surface area contributed by atoms with E-state index in [2.05, 4.69) is 19.8 Å². The zero-order chi connectivity index (χ0) is 25.0. The van der Waals surface area contributed by atoms with Crippen LogP contribution in [-0.4, -0.2) is 35.4 Å². The molecule has 2 heterocycles. The summed E-state index contributed by atoms with van der Waals surface area (Å²) in [5, 5.41) is 12.2. The van der Waals surface area contributed by atoms with Crippen LogP contribution < -0.4 is 19.5 Å². The Morgan fingerprint density at radius 1 is 1.09 bits per heavy atom. The van der Waals surface area contributed by atoms with Crippen LogP contribution in [0, 0.1) is 6.92 Å². The number of nitrogens with zero attached hydrogens (tertiary/aromatic N) is 1. The predicted molar refractivity (Wildman–Crippen MR) is 124 cm³/mol. The van der Waals surface area contributed by atoms with Crippen LogP contribution in [0.2, 0.25) is 0 Å². The van der Waals surface area contributed by atoms with Gasteiger partial charge < -0.3 is 24.6 Å². The van der Waals surface area contributed by atoms with Crippen LogP contribution in [0.1, 0.15) is 37.2 Å². The first-order valence-electron chi connectivity index (χ1n) is 10.7. The molecule has 3 aromatic rings. The quantitative estimate of drug-likeness (QED) is 0.490. The fraction of sp³-hybridized carbons (Fsp3) is 0.240. The minimum Gasteiger partial charge on any atom is -0.497 e. The third kappa shape index (κ3) is 4.11. The Balaban J connectivity index is 0.00000190. The number of benzene rings is 2. The number of aromatic carboxylic acids is 1. The SMILES string of the molecule is COc1cc(C(=O)O)cc(-c2nc(NC(=O)C3(c4ccc5c(c4)OC(F)(F)O5)CC3)ccc2C)c1.[HH].[HH]. The number of carboxylic acid groups (broad SMARTS) is 1. The number of aryl methyl sites for hydroxylation is 1. The molecule has 2 N–H and O–H groups in total. The number of pyridine rings is 1. The number of halogens is 2. The van der Waals surface area contributed by atoms with Gasteiger partial charge >= 0.3 is 12.3 Å². The molecule has 2 aromatic carbocycles. The van der Waals surface area contributed by atoms with Gasteiger partial charge in [-0.15, -0.1) is 8.78 Å². The number of carbonyl (C=O) groups is 2. The normalized spacial score (nSPS) is 16.5. The fourth-order valence-electron chi connectivity index (χ4n) is 4.12. The third-order valence-electron chi connectivity index (χ3n) is 6.14. The Labute approximate surface area is 201 Å². The molecule has 2 aliphatic rings. The van der Waals surface area contributed by atoms with Crippen LogP contribution >= 0.6 is 0 Å². The van der Waals surface area contributed by atoms with E-state index in [1.807, 2.05) is 6.92 Å². The van der Waals surface area contributed by atoms with Gasteiger partial charge in [0.05, 0.1) is 23.8 Å². The van der Waals surface area contributed by atoms with Crippen molar-refractivity contribution >= 4 is 17.7 Å². The monoisotopic (exact) mass is 486 g/mol. The minimum atomic E-state index is -3.73. The molecular weight excluding hydrogens is 462 g/mol. The smallest absolute Gasteiger partial charge is 0.497 e. The van der Waals surface area contributed by atoms with Gasteiger partial charge in [-0.25, -0.2) is 9.78 Å². The number of carboxylic acids is 1. The Bertz CT molecular complexity index is 1380. The van der Waals surface area contributed by atoms with Crippen LogP contribution in [-0.2, 0) is 10.2 Å². The Hall–Kier alpha value is -4.21. The van der Waals surface area contributed by atoms with E-state index >= 15 is 0 Å². The van der Waals surface area contributed by atoms with E-state index < -0.39 is 17.7 Å². The van der Waals surface area contributed by atoms with Crippen molar-refractivity contribution in [3.05, 3.63) is 65.2 Å². The van der Waals surface area contributed by atoms with E-state index in [4.69, 9.17) is 4.74 Å². The number of hydrogen-bond acceptors (Lipinski definition) is 6. The number of rotatable bonds is 6. The Kier molecular flexibility index (Phi) is 5.12. The van der Waals surface area contributed by atoms with E-state index in [-0.39, 0.29) is 31.6 Å². The number of fused-ring (bicyclic) bond motifs is 1. The highest BCUT2D eigenvalue weighted by Crippen LogP contribution is 2.52. The first-order valence-corrected chi connectivity index (χ1v) is 10.7. The van der Waals surface area contributed by atoms with Crippen molar-refractivity contribution in [3.63, 3.8) is 0 Å². The lowest BCUT2D eigenvalue weighted by molar-refractivity contribution is -0.286. The largest absolute Gasteiger partial charge is 0.586 e. The van der Waals surface area contributed by atoms with Gasteiger partial charge in [-0.2, -0.15) is 0 Å². The molecule has 184 valence electrons. The van der Waals surface area contributed by atoms with Gasteiger partial charge in [-0.05, 0) is 67.3 Å². The molecule has 0 bridgehead atoms. The molecule has 1 amide bonds. The minimum absolute atomic E-state index is 0. The van der Waals surface area contributed by atoms with Gasteiger partial charge in [0.2, 0.25) is 5.91 Å². The number of amides is 1. The predicted octanol–water partition coefficient (Wildman–Crippen LogP) is 5.25. The van der Waals surface area contributed by atoms with Crippen LogP contribution in [0.4, 0.5) is 14.6 Å². The second kappa shape index (κ2) is 7.93. The average molecular weight is 486 g/mol. The lowest BCUT2D eigenvalue weighted by atomic mass is 9.94. The molecule has 1 aromatic heterocycles. The molecular formula is C25H24F2N2O6. The summed E-state index contributed by atoms with van der Waals surface area (Å²) >= 11 is 0. The van der Waals surface area contributed by atoms with Crippen molar-refractivity contribution in [2.24, 2.45) is 0 Å². The summed E-state index contributed by atoms with van der Waals surface area (Å²) < 4.78 is 40.9. The molecule has 1 aliphatic carbocycles. The lowest BCUT2D eigenvalue weighted by Crippen LogP contribution is -2.28. The summed E-state index contributed by atoms with van der Waals surface area (Å²) in [7, 11) is 1.44. The number of carbonyl (C=O) groups excluding carboxylic acids is 1. The number of nitrogens with one attached hydrogen (secondary N) is 1. The van der Waals surface area contributed by atoms with Crippen molar-refractivity contribution in [3.8, 4) is 28.5 Å². The van der Waals surface area contributed by atoms with E-state index in [9.17, 15) is 23.5 Å². The van der Waals surface area contributed by atoms with Gasteiger partial charge in [0, 0.05) is 8.42 Å². The van der Waals surface area contributed by atoms with E-state index in [0.717, 1.165) is 5.56 Å². The van der Waals surface area contributed by atoms with Crippen molar-refractivity contribution in [1.29, 1.82) is 0 Å². The molecule has 5 rings (SSSR count). The standard InChI is InChI=1S/C25H20F2N2O6.2H2/c1-13-3-6-20(28-21(13)14-9-15(22(30)31)11-17(10-14)33-2)29-23(32)24(7-8-24)16-4-5-18-19(12-16)35-25(26,27)34-18;;/h3-6,9-12H,7-8H2,1-2H3,(H,30,31)(H,28,29,32);2*1H. The summed E-state index contributed by atoms with van der Waals surface area (Å²) in [6, 6.07) is 12.3. The maximum atomic E-state index is 13.4. The van der Waals surface area contributed by atoms with Crippen molar-refractivity contribution in [2.45, 2.75) is 31.5 Å². The van der Waals surface area contributed by atoms with Crippen molar-refractivity contribution in [1.82, 2.24) is 4.98 Å². The molecule has 35 heavy (non-hydrogen) atoms. The van der Waals surface area contributed by atoms with Crippen LogP contribution in [0.3, 0.4) is 0 Å². The molecule has 0 atom stereocenters. The van der Waals surface area contributed by atoms with Crippen LogP contribution in [0.25, 0.3) is 11.3 Å². The zero-order valence-corrected chi connectivity index (χ0v) is 18.7. The molecule has 1 aliphatic heterocycles. The highest BCUT2D eigenvalue weighted by atomic mass is 19.3.